The van der Waals surface area contributed by atoms with Gasteiger partial charge in [0, 0.05) is 13.1 Å². The first-order valence-corrected chi connectivity index (χ1v) is 8.46. The molecule has 0 atom stereocenters. The second-order valence-corrected chi connectivity index (χ2v) is 7.49. The van der Waals surface area contributed by atoms with E-state index in [-0.39, 0.29) is 5.41 Å². The minimum absolute atomic E-state index is 0.0685. The molecule has 1 amide bonds. The van der Waals surface area contributed by atoms with Crippen LogP contribution >= 0.6 is 0 Å². The smallest absolute Gasteiger partial charge is 0.228 e. The number of rotatable bonds is 5. The highest BCUT2D eigenvalue weighted by Crippen LogP contribution is 2.60. The minimum Gasteiger partial charge on any atom is -0.342 e. The molecule has 0 aliphatic heterocycles. The van der Waals surface area contributed by atoms with E-state index in [9.17, 15) is 4.79 Å². The van der Waals surface area contributed by atoms with Crippen LogP contribution in [0, 0.1) is 23.2 Å². The summed E-state index contributed by atoms with van der Waals surface area (Å²) < 4.78 is 0. The first kappa shape index (κ1) is 13.5. The van der Waals surface area contributed by atoms with Crippen LogP contribution in [0.5, 0.6) is 0 Å². The van der Waals surface area contributed by atoms with Crippen LogP contribution in [0.2, 0.25) is 0 Å². The lowest BCUT2D eigenvalue weighted by atomic mass is 9.49. The van der Waals surface area contributed by atoms with Crippen molar-refractivity contribution in [3.8, 4) is 0 Å². The predicted octanol–water partition coefficient (Wildman–Crippen LogP) is 3.85. The van der Waals surface area contributed by atoms with Crippen LogP contribution in [0.15, 0.2) is 0 Å². The van der Waals surface area contributed by atoms with Gasteiger partial charge in [-0.3, -0.25) is 4.79 Å². The van der Waals surface area contributed by atoms with E-state index in [4.69, 9.17) is 0 Å². The van der Waals surface area contributed by atoms with Gasteiger partial charge in [0.15, 0.2) is 0 Å². The van der Waals surface area contributed by atoms with Crippen molar-refractivity contribution in [3.05, 3.63) is 0 Å². The van der Waals surface area contributed by atoms with E-state index >= 15 is 0 Å². The lowest BCUT2D eigenvalue weighted by molar-refractivity contribution is -0.157. The fraction of sp³-hybridized carbons (Fsp3) is 0.941. The maximum absolute atomic E-state index is 13.1. The van der Waals surface area contributed by atoms with Crippen molar-refractivity contribution in [2.24, 2.45) is 23.2 Å². The zero-order valence-electron chi connectivity index (χ0n) is 12.7. The normalized spacial score (nSPS) is 39.6. The molecule has 0 aromatic rings. The molecule has 4 rings (SSSR count). The van der Waals surface area contributed by atoms with Gasteiger partial charge in [0.1, 0.15) is 0 Å². The first-order valence-electron chi connectivity index (χ1n) is 8.46. The van der Waals surface area contributed by atoms with Crippen molar-refractivity contribution in [1.82, 2.24) is 4.90 Å². The molecule has 0 spiro atoms. The largest absolute Gasteiger partial charge is 0.342 e. The van der Waals surface area contributed by atoms with E-state index in [2.05, 4.69) is 18.7 Å². The lowest BCUT2D eigenvalue weighted by Crippen LogP contribution is -2.54. The van der Waals surface area contributed by atoms with Crippen LogP contribution in [0.25, 0.3) is 0 Å². The number of carbonyl (C=O) groups excluding carboxylic acids is 1. The zero-order chi connectivity index (χ0) is 13.5. The molecule has 2 heteroatoms. The van der Waals surface area contributed by atoms with Crippen LogP contribution < -0.4 is 0 Å². The van der Waals surface area contributed by atoms with Crippen molar-refractivity contribution in [2.45, 2.75) is 65.2 Å². The summed E-state index contributed by atoms with van der Waals surface area (Å²) in [5.41, 5.74) is 0.0685. The Bertz CT molecular complexity index is 308. The molecule has 0 N–H and O–H groups in total. The van der Waals surface area contributed by atoms with Gasteiger partial charge >= 0.3 is 0 Å². The average molecular weight is 263 g/mol. The molecule has 108 valence electrons. The molecular weight excluding hydrogens is 234 g/mol. The van der Waals surface area contributed by atoms with Crippen molar-refractivity contribution < 1.29 is 4.79 Å². The molecule has 4 bridgehead atoms. The fourth-order valence-corrected chi connectivity index (χ4v) is 5.56. The van der Waals surface area contributed by atoms with E-state index in [1.54, 1.807) is 0 Å². The van der Waals surface area contributed by atoms with Crippen molar-refractivity contribution in [1.29, 1.82) is 0 Å². The first-order chi connectivity index (χ1) is 9.16. The molecule has 0 saturated heterocycles. The van der Waals surface area contributed by atoms with Gasteiger partial charge in [0.05, 0.1) is 5.41 Å². The molecule has 4 aliphatic carbocycles. The van der Waals surface area contributed by atoms with Crippen LogP contribution in [0.1, 0.15) is 65.2 Å². The maximum Gasteiger partial charge on any atom is 0.228 e. The van der Waals surface area contributed by atoms with Crippen LogP contribution in [0.4, 0.5) is 0 Å². The summed E-state index contributed by atoms with van der Waals surface area (Å²) in [6.45, 7) is 6.31. The highest BCUT2D eigenvalue weighted by Gasteiger charge is 2.55. The van der Waals surface area contributed by atoms with Gasteiger partial charge in [-0.25, -0.2) is 0 Å². The molecule has 19 heavy (non-hydrogen) atoms. The Hall–Kier alpha value is -0.530. The molecule has 4 aliphatic rings. The Morgan fingerprint density at radius 3 is 1.74 bits per heavy atom. The van der Waals surface area contributed by atoms with Crippen molar-refractivity contribution in [3.63, 3.8) is 0 Å². The number of carbonyl (C=O) groups is 1. The minimum atomic E-state index is 0.0685. The van der Waals surface area contributed by atoms with Crippen molar-refractivity contribution >= 4 is 5.91 Å². The van der Waals surface area contributed by atoms with E-state index in [1.165, 1.54) is 38.5 Å². The Labute approximate surface area is 117 Å². The summed E-state index contributed by atoms with van der Waals surface area (Å²) in [4.78, 5) is 15.3. The van der Waals surface area contributed by atoms with Gasteiger partial charge < -0.3 is 4.90 Å². The Kier molecular flexibility index (Phi) is 3.61. The Balaban J connectivity index is 1.78. The molecule has 0 radical (unpaired) electrons. The summed E-state index contributed by atoms with van der Waals surface area (Å²) in [5.74, 6) is 3.15. The number of nitrogens with zero attached hydrogens (tertiary/aromatic N) is 1. The standard InChI is InChI=1S/C17H29NO/c1-3-5-18(6-4-2)16(19)17-10-13-7-14(11-17)9-15(8-13)12-17/h13-15H,3-12H2,1-2H3. The maximum atomic E-state index is 13.1. The van der Waals surface area contributed by atoms with E-state index in [1.807, 2.05) is 0 Å². The summed E-state index contributed by atoms with van der Waals surface area (Å²) in [5, 5.41) is 0. The predicted molar refractivity (Wildman–Crippen MR) is 77.8 cm³/mol. The second-order valence-electron chi connectivity index (χ2n) is 7.49. The zero-order valence-corrected chi connectivity index (χ0v) is 12.7. The second kappa shape index (κ2) is 5.10. The van der Waals surface area contributed by atoms with Crippen LogP contribution in [0.3, 0.4) is 0 Å². The third kappa shape index (κ3) is 2.32. The molecule has 4 saturated carbocycles. The Morgan fingerprint density at radius 2 is 1.37 bits per heavy atom. The quantitative estimate of drug-likeness (QED) is 0.737. The molecule has 4 fully saturated rings. The van der Waals surface area contributed by atoms with Gasteiger partial charge in [0.2, 0.25) is 5.91 Å². The third-order valence-electron chi connectivity index (χ3n) is 5.77. The molecular formula is C17H29NO. The van der Waals surface area contributed by atoms with Gasteiger partial charge in [-0.2, -0.15) is 0 Å². The molecule has 0 aromatic carbocycles. The fourth-order valence-electron chi connectivity index (χ4n) is 5.56. The molecule has 0 heterocycles. The van der Waals surface area contributed by atoms with Gasteiger partial charge in [-0.15, -0.1) is 0 Å². The number of amides is 1. The SMILES string of the molecule is CCCN(CCC)C(=O)C12CC3CC(CC(C3)C1)C2. The Morgan fingerprint density at radius 1 is 0.947 bits per heavy atom. The van der Waals surface area contributed by atoms with E-state index < -0.39 is 0 Å². The monoisotopic (exact) mass is 263 g/mol. The number of hydrogen-bond acceptors (Lipinski definition) is 1. The van der Waals surface area contributed by atoms with Crippen LogP contribution in [-0.2, 0) is 4.79 Å². The highest BCUT2D eigenvalue weighted by atomic mass is 16.2. The van der Waals surface area contributed by atoms with E-state index in [0.29, 0.717) is 5.91 Å². The lowest BCUT2D eigenvalue weighted by Gasteiger charge is -2.56. The van der Waals surface area contributed by atoms with Gasteiger partial charge in [-0.05, 0) is 69.1 Å². The van der Waals surface area contributed by atoms with Gasteiger partial charge in [0.25, 0.3) is 0 Å². The summed E-state index contributed by atoms with van der Waals surface area (Å²) in [6.07, 6.45) is 10.1. The third-order valence-corrected chi connectivity index (χ3v) is 5.77. The summed E-state index contributed by atoms with van der Waals surface area (Å²) in [6, 6.07) is 0. The average Bonchev–Trinajstić information content (AvgIpc) is 2.36. The van der Waals surface area contributed by atoms with Crippen molar-refractivity contribution in [2.75, 3.05) is 13.1 Å². The highest BCUT2D eigenvalue weighted by molar-refractivity contribution is 5.83. The topological polar surface area (TPSA) is 20.3 Å². The number of hydrogen-bond donors (Lipinski definition) is 0. The summed E-state index contributed by atoms with van der Waals surface area (Å²) >= 11 is 0. The van der Waals surface area contributed by atoms with E-state index in [0.717, 1.165) is 43.7 Å². The van der Waals surface area contributed by atoms with Gasteiger partial charge in [-0.1, -0.05) is 13.8 Å². The summed E-state index contributed by atoms with van der Waals surface area (Å²) in [7, 11) is 0. The molecule has 0 unspecified atom stereocenters. The molecule has 0 aromatic heterocycles. The molecule has 2 nitrogen and oxygen atoms in total. The van der Waals surface area contributed by atoms with Crippen LogP contribution in [-0.4, -0.2) is 23.9 Å².